The molecule has 0 saturated carbocycles. The number of amides is 1. The van der Waals surface area contributed by atoms with Crippen molar-refractivity contribution < 1.29 is 20.1 Å². The highest BCUT2D eigenvalue weighted by atomic mass is 16.3. The van der Waals surface area contributed by atoms with Gasteiger partial charge in [-0.2, -0.15) is 0 Å². The van der Waals surface area contributed by atoms with Crippen LogP contribution in [0.4, 0.5) is 0 Å². The molecular formula is C66H125NO4. The van der Waals surface area contributed by atoms with Crippen LogP contribution < -0.4 is 5.32 Å². The van der Waals surface area contributed by atoms with Crippen LogP contribution in [0.15, 0.2) is 48.6 Å². The van der Waals surface area contributed by atoms with Crippen LogP contribution in [0.3, 0.4) is 0 Å². The van der Waals surface area contributed by atoms with Crippen molar-refractivity contribution in [3.63, 3.8) is 0 Å². The summed E-state index contributed by atoms with van der Waals surface area (Å²) >= 11 is 0. The van der Waals surface area contributed by atoms with E-state index in [1.165, 1.54) is 276 Å². The summed E-state index contributed by atoms with van der Waals surface area (Å²) in [4.78, 5) is 12.5. The van der Waals surface area contributed by atoms with Gasteiger partial charge in [0.05, 0.1) is 31.3 Å². The predicted molar refractivity (Wildman–Crippen MR) is 314 cm³/mol. The largest absolute Gasteiger partial charge is 0.394 e. The zero-order chi connectivity index (χ0) is 51.4. The first kappa shape index (κ1) is 69.3. The fourth-order valence-corrected chi connectivity index (χ4v) is 9.98. The molecule has 0 rings (SSSR count). The SMILES string of the molecule is CCCCCCCCCCCCCCC/C=C\C/C=C\CCCCCCCCCCCCCCCCCC(O)CC(=O)NC(CO)C(O)/C=C/CC/C=C/CCCCCCCCCCCCCCCCC. The van der Waals surface area contributed by atoms with Gasteiger partial charge in [0.2, 0.25) is 5.91 Å². The van der Waals surface area contributed by atoms with Crippen LogP contribution in [0.5, 0.6) is 0 Å². The third-order valence-electron chi connectivity index (χ3n) is 14.8. The maximum Gasteiger partial charge on any atom is 0.222 e. The maximum absolute atomic E-state index is 12.5. The number of unbranched alkanes of at least 4 members (excludes halogenated alkanes) is 44. The molecule has 0 aliphatic rings. The zero-order valence-electron chi connectivity index (χ0n) is 47.9. The Kier molecular flexibility index (Phi) is 59.4. The van der Waals surface area contributed by atoms with Crippen molar-refractivity contribution in [2.24, 2.45) is 0 Å². The lowest BCUT2D eigenvalue weighted by Crippen LogP contribution is -2.45. The van der Waals surface area contributed by atoms with Crippen LogP contribution >= 0.6 is 0 Å². The second kappa shape index (κ2) is 60.9. The molecule has 0 aromatic carbocycles. The van der Waals surface area contributed by atoms with E-state index in [1.807, 2.05) is 6.08 Å². The summed E-state index contributed by atoms with van der Waals surface area (Å²) in [5.41, 5.74) is 0. The highest BCUT2D eigenvalue weighted by Gasteiger charge is 2.20. The lowest BCUT2D eigenvalue weighted by molar-refractivity contribution is -0.124. The fourth-order valence-electron chi connectivity index (χ4n) is 9.98. The minimum Gasteiger partial charge on any atom is -0.394 e. The third-order valence-corrected chi connectivity index (χ3v) is 14.8. The Balaban J connectivity index is 3.54. The van der Waals surface area contributed by atoms with E-state index in [0.29, 0.717) is 6.42 Å². The van der Waals surface area contributed by atoms with E-state index in [2.05, 4.69) is 55.6 Å². The standard InChI is InChI=1S/C66H125NO4/c1-3-5-7-9-11-13-15-17-19-21-23-25-26-27-28-29-30-31-32-33-34-35-36-37-38-40-41-43-45-47-49-51-53-55-57-59-63(69)61-66(71)67-64(62-68)65(70)60-58-56-54-52-50-48-46-44-42-39-24-22-20-18-16-14-12-10-8-6-4-2/h28-29,31-32,50,52,58,60,63-65,68-70H,3-27,30,33-49,51,53-57,59,61-62H2,1-2H3,(H,67,71)/b29-28-,32-31-,52-50+,60-58+. The van der Waals surface area contributed by atoms with Gasteiger partial charge in [-0.15, -0.1) is 0 Å². The smallest absolute Gasteiger partial charge is 0.222 e. The van der Waals surface area contributed by atoms with Crippen molar-refractivity contribution >= 4 is 5.91 Å². The number of aliphatic hydroxyl groups is 3. The van der Waals surface area contributed by atoms with Crippen LogP contribution in [0.2, 0.25) is 0 Å². The zero-order valence-corrected chi connectivity index (χ0v) is 47.9. The topological polar surface area (TPSA) is 89.8 Å². The molecule has 4 N–H and O–H groups in total. The van der Waals surface area contributed by atoms with E-state index in [1.54, 1.807) is 6.08 Å². The molecule has 0 aliphatic carbocycles. The van der Waals surface area contributed by atoms with Gasteiger partial charge in [0.15, 0.2) is 0 Å². The Hall–Kier alpha value is -1.69. The molecule has 3 atom stereocenters. The molecule has 3 unspecified atom stereocenters. The molecule has 0 bridgehead atoms. The first-order valence-corrected chi connectivity index (χ1v) is 31.9. The van der Waals surface area contributed by atoms with Crippen LogP contribution in [0, 0.1) is 0 Å². The molecule has 5 heteroatoms. The molecule has 0 saturated heterocycles. The molecule has 5 nitrogen and oxygen atoms in total. The normalized spacial score (nSPS) is 13.5. The number of nitrogens with one attached hydrogen (secondary N) is 1. The Bertz CT molecular complexity index is 1150. The van der Waals surface area contributed by atoms with Gasteiger partial charge < -0.3 is 20.6 Å². The summed E-state index contributed by atoms with van der Waals surface area (Å²) in [6.07, 6.45) is 82.0. The average Bonchev–Trinajstić information content (AvgIpc) is 3.37. The van der Waals surface area contributed by atoms with Crippen molar-refractivity contribution in [1.82, 2.24) is 5.32 Å². The van der Waals surface area contributed by atoms with Gasteiger partial charge in [0, 0.05) is 0 Å². The molecule has 418 valence electrons. The number of aliphatic hydroxyl groups excluding tert-OH is 3. The highest BCUT2D eigenvalue weighted by Crippen LogP contribution is 2.18. The van der Waals surface area contributed by atoms with E-state index >= 15 is 0 Å². The average molecular weight is 997 g/mol. The number of carbonyl (C=O) groups is 1. The minimum absolute atomic E-state index is 0.00647. The third kappa shape index (κ3) is 57.4. The van der Waals surface area contributed by atoms with E-state index in [0.717, 1.165) is 38.5 Å². The van der Waals surface area contributed by atoms with Gasteiger partial charge in [-0.25, -0.2) is 0 Å². The van der Waals surface area contributed by atoms with Crippen LogP contribution in [-0.2, 0) is 4.79 Å². The molecule has 0 radical (unpaired) electrons. The highest BCUT2D eigenvalue weighted by molar-refractivity contribution is 5.76. The quantitative estimate of drug-likeness (QED) is 0.0361. The van der Waals surface area contributed by atoms with Gasteiger partial charge in [0.1, 0.15) is 0 Å². The van der Waals surface area contributed by atoms with Crippen LogP contribution in [-0.4, -0.2) is 46.1 Å². The summed E-state index contributed by atoms with van der Waals surface area (Å²) in [6, 6.07) is -0.763. The first-order valence-electron chi connectivity index (χ1n) is 31.9. The monoisotopic (exact) mass is 996 g/mol. The maximum atomic E-state index is 12.5. The minimum atomic E-state index is -0.954. The Morgan fingerprint density at radius 3 is 0.986 bits per heavy atom. The summed E-state index contributed by atoms with van der Waals surface area (Å²) < 4.78 is 0. The molecule has 71 heavy (non-hydrogen) atoms. The van der Waals surface area contributed by atoms with Crippen molar-refractivity contribution in [1.29, 1.82) is 0 Å². The summed E-state index contributed by atoms with van der Waals surface area (Å²) in [5.74, 6) is -0.321. The van der Waals surface area contributed by atoms with E-state index < -0.39 is 18.2 Å². The van der Waals surface area contributed by atoms with Gasteiger partial charge in [-0.3, -0.25) is 4.79 Å². The molecule has 1 amide bonds. The summed E-state index contributed by atoms with van der Waals surface area (Å²) in [5, 5.41) is 33.5. The van der Waals surface area contributed by atoms with E-state index in [4.69, 9.17) is 0 Å². The van der Waals surface area contributed by atoms with Crippen molar-refractivity contribution in [3.05, 3.63) is 48.6 Å². The van der Waals surface area contributed by atoms with Gasteiger partial charge in [0.25, 0.3) is 0 Å². The lowest BCUT2D eigenvalue weighted by Gasteiger charge is -2.21. The molecule has 0 aromatic heterocycles. The lowest BCUT2D eigenvalue weighted by atomic mass is 10.0. The number of rotatable bonds is 59. The van der Waals surface area contributed by atoms with Crippen molar-refractivity contribution in [2.45, 2.75) is 360 Å². The molecule has 0 aromatic rings. The van der Waals surface area contributed by atoms with Gasteiger partial charge >= 0.3 is 0 Å². The van der Waals surface area contributed by atoms with E-state index in [-0.39, 0.29) is 18.9 Å². The van der Waals surface area contributed by atoms with Crippen molar-refractivity contribution in [3.8, 4) is 0 Å². The van der Waals surface area contributed by atoms with Crippen molar-refractivity contribution in [2.75, 3.05) is 6.61 Å². The van der Waals surface area contributed by atoms with Crippen LogP contribution in [0.1, 0.15) is 341 Å². The molecule has 0 heterocycles. The predicted octanol–water partition coefficient (Wildman–Crippen LogP) is 20.3. The van der Waals surface area contributed by atoms with E-state index in [9.17, 15) is 20.1 Å². The summed E-state index contributed by atoms with van der Waals surface area (Å²) in [6.45, 7) is 4.24. The second-order valence-electron chi connectivity index (χ2n) is 22.0. The number of allylic oxidation sites excluding steroid dienone is 7. The number of hydrogen-bond donors (Lipinski definition) is 4. The molecule has 0 spiro atoms. The molecule has 0 aliphatic heterocycles. The second-order valence-corrected chi connectivity index (χ2v) is 22.0. The Morgan fingerprint density at radius 1 is 0.366 bits per heavy atom. The summed E-state index contributed by atoms with van der Waals surface area (Å²) in [7, 11) is 0. The van der Waals surface area contributed by atoms with Gasteiger partial charge in [-0.1, -0.05) is 319 Å². The number of carbonyl (C=O) groups excluding carboxylic acids is 1. The van der Waals surface area contributed by atoms with Gasteiger partial charge in [-0.05, 0) is 64.2 Å². The Morgan fingerprint density at radius 2 is 0.648 bits per heavy atom. The fraction of sp³-hybridized carbons (Fsp3) is 0.864. The molecular weight excluding hydrogens is 871 g/mol. The Labute approximate surface area is 444 Å². The molecule has 0 fully saturated rings. The van der Waals surface area contributed by atoms with Crippen LogP contribution in [0.25, 0.3) is 0 Å². The number of hydrogen-bond acceptors (Lipinski definition) is 4. The first-order chi connectivity index (χ1) is 35.0.